The Morgan fingerprint density at radius 1 is 1.17 bits per heavy atom. The zero-order valence-electron chi connectivity index (χ0n) is 17.3. The van der Waals surface area contributed by atoms with Crippen molar-refractivity contribution in [2.75, 3.05) is 26.7 Å². The molecular weight excluding hydrogens is 366 g/mol. The molecule has 7 nitrogen and oxygen atoms in total. The summed E-state index contributed by atoms with van der Waals surface area (Å²) in [4.78, 5) is 18.0. The molecule has 1 aliphatic carbocycles. The van der Waals surface area contributed by atoms with Crippen molar-refractivity contribution < 1.29 is 4.74 Å². The summed E-state index contributed by atoms with van der Waals surface area (Å²) in [5.74, 6) is 2.68. The number of ether oxygens (including phenoxy) is 1. The van der Waals surface area contributed by atoms with Gasteiger partial charge in [0.2, 0.25) is 0 Å². The lowest BCUT2D eigenvalue weighted by atomic mass is 9.84. The van der Waals surface area contributed by atoms with Gasteiger partial charge in [0, 0.05) is 18.5 Å². The van der Waals surface area contributed by atoms with Crippen molar-refractivity contribution in [3.63, 3.8) is 0 Å². The maximum absolute atomic E-state index is 12.5. The predicted octanol–water partition coefficient (Wildman–Crippen LogP) is 2.66. The number of hydrogen-bond donors (Lipinski definition) is 2. The first-order valence-electron chi connectivity index (χ1n) is 10.9. The summed E-state index contributed by atoms with van der Waals surface area (Å²) >= 11 is 0. The monoisotopic (exact) mass is 399 g/mol. The molecule has 0 radical (unpaired) electrons. The van der Waals surface area contributed by atoms with Crippen molar-refractivity contribution in [2.24, 2.45) is 11.7 Å². The molecule has 1 aliphatic heterocycles. The fourth-order valence-corrected chi connectivity index (χ4v) is 4.75. The molecule has 29 heavy (non-hydrogen) atoms. The number of hydrogen-bond acceptors (Lipinski definition) is 5. The molecule has 3 N–H and O–H groups in total. The number of benzene rings is 1. The van der Waals surface area contributed by atoms with Crippen LogP contribution in [0.5, 0.6) is 5.75 Å². The Morgan fingerprint density at radius 3 is 2.66 bits per heavy atom. The SMILES string of the molecule is COc1ccc(-n2nc([C@H]3CCCN(CCC4CCC(N)CC4)C3)[nH]c2=O)cc1. The molecule has 1 aromatic carbocycles. The van der Waals surface area contributed by atoms with Crippen LogP contribution in [0.1, 0.15) is 56.7 Å². The zero-order valence-corrected chi connectivity index (χ0v) is 17.3. The Hall–Kier alpha value is -2.12. The molecule has 2 fully saturated rings. The highest BCUT2D eigenvalue weighted by Crippen LogP contribution is 2.28. The van der Waals surface area contributed by atoms with Crippen LogP contribution < -0.4 is 16.2 Å². The van der Waals surface area contributed by atoms with E-state index in [0.717, 1.165) is 55.7 Å². The molecule has 1 saturated carbocycles. The van der Waals surface area contributed by atoms with Gasteiger partial charge in [-0.3, -0.25) is 4.98 Å². The van der Waals surface area contributed by atoms with Crippen LogP contribution in [0.25, 0.3) is 5.69 Å². The lowest BCUT2D eigenvalue weighted by Crippen LogP contribution is -2.37. The van der Waals surface area contributed by atoms with Gasteiger partial charge in [0.1, 0.15) is 11.6 Å². The molecule has 1 aromatic heterocycles. The lowest BCUT2D eigenvalue weighted by molar-refractivity contribution is 0.180. The number of rotatable bonds is 6. The summed E-state index contributed by atoms with van der Waals surface area (Å²) in [7, 11) is 1.63. The van der Waals surface area contributed by atoms with Crippen LogP contribution in [0.4, 0.5) is 0 Å². The standard InChI is InChI=1S/C22H33N5O2/c1-29-20-10-8-19(9-11-20)27-22(28)24-21(25-27)17-3-2-13-26(15-17)14-12-16-4-6-18(23)7-5-16/h8-11,16-18H,2-7,12-15,23H2,1H3,(H,24,25,28)/t16?,17-,18?/m0/s1. The topological polar surface area (TPSA) is 89.2 Å². The number of nitrogens with two attached hydrogens (primary N) is 1. The third-order valence-corrected chi connectivity index (χ3v) is 6.59. The Bertz CT molecular complexity index is 836. The van der Waals surface area contributed by atoms with Crippen molar-refractivity contribution in [2.45, 2.75) is 56.9 Å². The molecule has 0 unspecified atom stereocenters. The van der Waals surface area contributed by atoms with Gasteiger partial charge in [0.25, 0.3) is 0 Å². The fourth-order valence-electron chi connectivity index (χ4n) is 4.75. The highest BCUT2D eigenvalue weighted by molar-refractivity contribution is 5.36. The second kappa shape index (κ2) is 9.13. The average molecular weight is 400 g/mol. The molecule has 1 atom stereocenters. The van der Waals surface area contributed by atoms with Gasteiger partial charge in [-0.25, -0.2) is 4.79 Å². The van der Waals surface area contributed by atoms with Crippen molar-refractivity contribution >= 4 is 0 Å². The van der Waals surface area contributed by atoms with E-state index >= 15 is 0 Å². The normalized spacial score (nSPS) is 25.8. The average Bonchev–Trinajstić information content (AvgIpc) is 3.15. The first-order chi connectivity index (χ1) is 14.1. The number of aromatic nitrogens is 3. The second-order valence-corrected chi connectivity index (χ2v) is 8.63. The van der Waals surface area contributed by atoms with E-state index in [2.05, 4.69) is 15.0 Å². The van der Waals surface area contributed by atoms with Gasteiger partial charge in [0.05, 0.1) is 12.8 Å². The Labute approximate surface area is 172 Å². The minimum Gasteiger partial charge on any atom is -0.497 e. The number of nitrogens with one attached hydrogen (secondary N) is 1. The molecule has 7 heteroatoms. The van der Waals surface area contributed by atoms with E-state index in [0.29, 0.717) is 6.04 Å². The van der Waals surface area contributed by atoms with E-state index in [9.17, 15) is 4.79 Å². The molecule has 2 aromatic rings. The summed E-state index contributed by atoms with van der Waals surface area (Å²) in [5, 5.41) is 4.62. The highest BCUT2D eigenvalue weighted by Gasteiger charge is 2.26. The van der Waals surface area contributed by atoms with Crippen molar-refractivity contribution in [3.8, 4) is 11.4 Å². The van der Waals surface area contributed by atoms with Gasteiger partial charge in [0.15, 0.2) is 0 Å². The van der Waals surface area contributed by atoms with Crippen LogP contribution >= 0.6 is 0 Å². The van der Waals surface area contributed by atoms with E-state index in [1.54, 1.807) is 7.11 Å². The zero-order chi connectivity index (χ0) is 20.2. The first-order valence-corrected chi connectivity index (χ1v) is 10.9. The molecule has 4 rings (SSSR count). The number of methoxy groups -OCH3 is 1. The fraction of sp³-hybridized carbons (Fsp3) is 0.636. The van der Waals surface area contributed by atoms with Gasteiger partial charge < -0.3 is 15.4 Å². The molecule has 2 heterocycles. The summed E-state index contributed by atoms with van der Waals surface area (Å²) in [6.07, 6.45) is 8.39. The maximum atomic E-state index is 12.5. The molecule has 1 saturated heterocycles. The van der Waals surface area contributed by atoms with E-state index in [-0.39, 0.29) is 11.6 Å². The predicted molar refractivity (Wildman–Crippen MR) is 114 cm³/mol. The number of piperidine rings is 1. The van der Waals surface area contributed by atoms with Crippen LogP contribution in [0.15, 0.2) is 29.1 Å². The molecular formula is C22H33N5O2. The van der Waals surface area contributed by atoms with E-state index in [1.165, 1.54) is 36.8 Å². The third-order valence-electron chi connectivity index (χ3n) is 6.59. The van der Waals surface area contributed by atoms with E-state index in [1.807, 2.05) is 24.3 Å². The Morgan fingerprint density at radius 2 is 1.93 bits per heavy atom. The van der Waals surface area contributed by atoms with Gasteiger partial charge in [-0.1, -0.05) is 0 Å². The number of H-pyrrole nitrogens is 1. The van der Waals surface area contributed by atoms with Crippen molar-refractivity contribution in [1.82, 2.24) is 19.7 Å². The lowest BCUT2D eigenvalue weighted by Gasteiger charge is -2.33. The van der Waals surface area contributed by atoms with E-state index < -0.39 is 0 Å². The van der Waals surface area contributed by atoms with Crippen LogP contribution in [0.3, 0.4) is 0 Å². The summed E-state index contributed by atoms with van der Waals surface area (Å²) in [6, 6.07) is 7.82. The molecule has 0 amide bonds. The molecule has 0 bridgehead atoms. The molecule has 2 aliphatic rings. The van der Waals surface area contributed by atoms with Crippen LogP contribution in [-0.2, 0) is 0 Å². The summed E-state index contributed by atoms with van der Waals surface area (Å²) in [6.45, 7) is 3.26. The minimum absolute atomic E-state index is 0.180. The second-order valence-electron chi connectivity index (χ2n) is 8.63. The van der Waals surface area contributed by atoms with Crippen LogP contribution in [0.2, 0.25) is 0 Å². The first kappa shape index (κ1) is 20.2. The Kier molecular flexibility index (Phi) is 6.35. The van der Waals surface area contributed by atoms with Gasteiger partial charge in [-0.2, -0.15) is 4.68 Å². The van der Waals surface area contributed by atoms with E-state index in [4.69, 9.17) is 10.5 Å². The van der Waals surface area contributed by atoms with Crippen LogP contribution in [0, 0.1) is 5.92 Å². The van der Waals surface area contributed by atoms with Gasteiger partial charge >= 0.3 is 5.69 Å². The number of likely N-dealkylation sites (tertiary alicyclic amines) is 1. The van der Waals surface area contributed by atoms with Crippen molar-refractivity contribution in [1.29, 1.82) is 0 Å². The largest absolute Gasteiger partial charge is 0.497 e. The smallest absolute Gasteiger partial charge is 0.348 e. The molecule has 0 spiro atoms. The minimum atomic E-state index is -0.180. The summed E-state index contributed by atoms with van der Waals surface area (Å²) in [5.41, 5.74) is 6.61. The highest BCUT2D eigenvalue weighted by atomic mass is 16.5. The quantitative estimate of drug-likeness (QED) is 0.779. The van der Waals surface area contributed by atoms with Crippen molar-refractivity contribution in [3.05, 3.63) is 40.6 Å². The summed E-state index contributed by atoms with van der Waals surface area (Å²) < 4.78 is 6.65. The number of nitrogens with zero attached hydrogens (tertiary/aromatic N) is 3. The third kappa shape index (κ3) is 4.90. The maximum Gasteiger partial charge on any atom is 0.348 e. The van der Waals surface area contributed by atoms with Gasteiger partial charge in [-0.15, -0.1) is 5.10 Å². The Balaban J connectivity index is 1.37. The molecule has 158 valence electrons. The number of aromatic amines is 1. The van der Waals surface area contributed by atoms with Crippen LogP contribution in [-0.4, -0.2) is 52.5 Å². The van der Waals surface area contributed by atoms with Gasteiger partial charge in [-0.05, 0) is 88.2 Å².